The molecule has 1 aromatic heterocycles. The Morgan fingerprint density at radius 1 is 1.56 bits per heavy atom. The first-order chi connectivity index (χ1) is 4.11. The molecule has 0 atom stereocenters. The molecule has 0 nitrogen and oxygen atoms in total. The molecule has 2 heteroatoms. The summed E-state index contributed by atoms with van der Waals surface area (Å²) in [5.74, 6) is 0. The topological polar surface area (TPSA) is 0 Å². The van der Waals surface area contributed by atoms with E-state index < -0.39 is 0 Å². The van der Waals surface area contributed by atoms with Crippen LogP contribution >= 0.6 is 11.3 Å². The van der Waals surface area contributed by atoms with Crippen molar-refractivity contribution in [2.45, 2.75) is 17.0 Å². The summed E-state index contributed by atoms with van der Waals surface area (Å²) in [5.41, 5.74) is 0. The molecule has 0 fully saturated rings. The monoisotopic (exact) mass is 336 g/mol. The Labute approximate surface area is 75.1 Å². The first kappa shape index (κ1) is 7.69. The molecule has 0 unspecified atom stereocenters. The molecule has 50 valence electrons. The van der Waals surface area contributed by atoms with Crippen LogP contribution in [-0.4, -0.2) is 24.7 Å². The second-order valence-electron chi connectivity index (χ2n) is 2.70. The van der Waals surface area contributed by atoms with E-state index in [1.54, 1.807) is 0 Å². The fourth-order valence-corrected chi connectivity index (χ4v) is 2.58. The predicted octanol–water partition coefficient (Wildman–Crippen LogP) is 1.62. The van der Waals surface area contributed by atoms with E-state index in [1.165, 1.54) is 4.88 Å². The molecule has 0 N–H and O–H groups in total. The molecule has 0 aliphatic carbocycles. The molecule has 0 radical (unpaired) electrons. The van der Waals surface area contributed by atoms with Crippen LogP contribution in [0.15, 0.2) is 17.5 Å². The Morgan fingerprint density at radius 3 is 2.44 bits per heavy atom. The minimum atomic E-state index is 0.508. The van der Waals surface area contributed by atoms with Crippen LogP contribution in [0.3, 0.4) is 0 Å². The van der Waals surface area contributed by atoms with Gasteiger partial charge in [-0.2, -0.15) is 0 Å². The van der Waals surface area contributed by atoms with Crippen LogP contribution in [0.4, 0.5) is 0 Å². The maximum absolute atomic E-state index is 2.31. The van der Waals surface area contributed by atoms with Gasteiger partial charge in [-0.3, -0.25) is 0 Å². The molecule has 0 spiro atoms. The first-order valence-corrected chi connectivity index (χ1v) is 6.06. The van der Waals surface area contributed by atoms with E-state index >= 15 is 0 Å². The normalized spacial score (nSPS) is 11.9. The standard InChI is InChI=1S/C7H9S.Bi.2H/c1-6(2)7-4-3-5-8-7;;;/h3-5H,1-2H3;;;. The van der Waals surface area contributed by atoms with Crippen molar-refractivity contribution >= 4 is 36.1 Å². The molecule has 0 aliphatic heterocycles. The summed E-state index contributed by atoms with van der Waals surface area (Å²) in [6.45, 7) is 4.62. The number of hydrogen-bond donors (Lipinski definition) is 0. The third-order valence-corrected chi connectivity index (χ3v) is 4.39. The van der Waals surface area contributed by atoms with Crippen LogP contribution in [0.1, 0.15) is 18.7 Å². The summed E-state index contributed by atoms with van der Waals surface area (Å²) in [6, 6.07) is 4.36. The third kappa shape index (κ3) is 2.02. The van der Waals surface area contributed by atoms with Gasteiger partial charge < -0.3 is 0 Å². The third-order valence-electron chi connectivity index (χ3n) is 1.16. The number of hydrogen-bond acceptors (Lipinski definition) is 1. The van der Waals surface area contributed by atoms with Crippen molar-refractivity contribution in [2.24, 2.45) is 0 Å². The Morgan fingerprint density at radius 2 is 2.22 bits per heavy atom. The van der Waals surface area contributed by atoms with Crippen molar-refractivity contribution in [3.8, 4) is 0 Å². The minimum absolute atomic E-state index is 0.508. The van der Waals surface area contributed by atoms with Crippen LogP contribution in [-0.2, 0) is 3.12 Å². The zero-order chi connectivity index (χ0) is 6.91. The maximum atomic E-state index is 2.31. The van der Waals surface area contributed by atoms with Gasteiger partial charge in [0.25, 0.3) is 0 Å². The van der Waals surface area contributed by atoms with Gasteiger partial charge in [0.15, 0.2) is 0 Å². The quantitative estimate of drug-likeness (QED) is 0.684. The molecule has 0 aromatic carbocycles. The fraction of sp³-hybridized carbons (Fsp3) is 0.429. The SMILES string of the molecule is C[C](C)([BiH2])c1cccs1. The van der Waals surface area contributed by atoms with Gasteiger partial charge in [0.05, 0.1) is 0 Å². The summed E-state index contributed by atoms with van der Waals surface area (Å²) >= 11 is 2.91. The van der Waals surface area contributed by atoms with Gasteiger partial charge in [-0.05, 0) is 0 Å². The van der Waals surface area contributed by atoms with Crippen LogP contribution in [0.5, 0.6) is 0 Å². The molecule has 0 bridgehead atoms. The number of thiophene rings is 1. The van der Waals surface area contributed by atoms with Crippen LogP contribution in [0, 0.1) is 0 Å². The van der Waals surface area contributed by atoms with Crippen molar-refractivity contribution < 1.29 is 0 Å². The molecule has 0 saturated heterocycles. The molecule has 1 rings (SSSR count). The fourth-order valence-electron chi connectivity index (χ4n) is 0.645. The van der Waals surface area contributed by atoms with E-state index in [9.17, 15) is 0 Å². The van der Waals surface area contributed by atoms with Gasteiger partial charge in [-0.15, -0.1) is 0 Å². The Balaban J connectivity index is 2.90. The average Bonchev–Trinajstić information content (AvgIpc) is 2.08. The van der Waals surface area contributed by atoms with Crippen molar-refractivity contribution in [3.05, 3.63) is 22.4 Å². The van der Waals surface area contributed by atoms with Gasteiger partial charge in [0, 0.05) is 0 Å². The molecule has 0 aliphatic rings. The Kier molecular flexibility index (Phi) is 2.28. The zero-order valence-electron chi connectivity index (χ0n) is 5.72. The molecular formula is C7H11BiS. The molecule has 9 heavy (non-hydrogen) atoms. The van der Waals surface area contributed by atoms with Gasteiger partial charge in [-0.25, -0.2) is 0 Å². The van der Waals surface area contributed by atoms with Crippen LogP contribution < -0.4 is 0 Å². The van der Waals surface area contributed by atoms with Crippen LogP contribution in [0.2, 0.25) is 0 Å². The molecular weight excluding hydrogens is 325 g/mol. The van der Waals surface area contributed by atoms with E-state index in [1.807, 2.05) is 11.3 Å². The van der Waals surface area contributed by atoms with Gasteiger partial charge >= 0.3 is 75.4 Å². The molecule has 1 heterocycles. The molecule has 0 saturated carbocycles. The Bertz CT molecular complexity index is 171. The van der Waals surface area contributed by atoms with E-state index in [2.05, 4.69) is 31.4 Å². The summed E-state index contributed by atoms with van der Waals surface area (Å²) < 4.78 is 0.508. The summed E-state index contributed by atoms with van der Waals surface area (Å²) in [4.78, 5) is 1.53. The second-order valence-corrected chi connectivity index (χ2v) is 9.26. The van der Waals surface area contributed by atoms with Crippen molar-refractivity contribution in [1.82, 2.24) is 0 Å². The van der Waals surface area contributed by atoms with Crippen molar-refractivity contribution in [1.29, 1.82) is 0 Å². The van der Waals surface area contributed by atoms with E-state index in [0.717, 1.165) is 24.7 Å². The first-order valence-electron chi connectivity index (χ1n) is 2.93. The van der Waals surface area contributed by atoms with E-state index in [0.29, 0.717) is 3.12 Å². The zero-order valence-corrected chi connectivity index (χ0v) is 11.0. The summed E-state index contributed by atoms with van der Waals surface area (Å²) in [6.07, 6.45) is 0. The van der Waals surface area contributed by atoms with E-state index in [-0.39, 0.29) is 0 Å². The molecule has 1 aromatic rings. The average molecular weight is 336 g/mol. The summed E-state index contributed by atoms with van der Waals surface area (Å²) in [7, 11) is 0. The summed E-state index contributed by atoms with van der Waals surface area (Å²) in [5, 5.41) is 2.15. The molecule has 0 amide bonds. The van der Waals surface area contributed by atoms with Gasteiger partial charge in [-0.1, -0.05) is 0 Å². The second kappa shape index (κ2) is 2.68. The number of rotatable bonds is 1. The van der Waals surface area contributed by atoms with Crippen molar-refractivity contribution in [3.63, 3.8) is 0 Å². The van der Waals surface area contributed by atoms with E-state index in [4.69, 9.17) is 0 Å². The predicted molar refractivity (Wildman–Crippen MR) is 45.9 cm³/mol. The van der Waals surface area contributed by atoms with Gasteiger partial charge in [0.2, 0.25) is 0 Å². The Hall–Kier alpha value is 0.583. The van der Waals surface area contributed by atoms with Crippen LogP contribution in [0.25, 0.3) is 0 Å². The van der Waals surface area contributed by atoms with Gasteiger partial charge in [0.1, 0.15) is 0 Å². The van der Waals surface area contributed by atoms with Crippen molar-refractivity contribution in [2.75, 3.05) is 0 Å².